The number of carbonyl (C=O) groups excluding carboxylic acids is 2. The molecule has 12 heavy (non-hydrogen) atoms. The molecule has 2 amide bonds. The molecule has 2 unspecified atom stereocenters. The van der Waals surface area contributed by atoms with Crippen molar-refractivity contribution in [2.45, 2.75) is 38.8 Å². The first kappa shape index (κ1) is 9.03. The van der Waals surface area contributed by atoms with Crippen LogP contribution < -0.4 is 10.6 Å². The van der Waals surface area contributed by atoms with Crippen LogP contribution >= 0.6 is 0 Å². The molecule has 0 saturated carbocycles. The Morgan fingerprint density at radius 1 is 1.67 bits per heavy atom. The van der Waals surface area contributed by atoms with Crippen molar-refractivity contribution < 1.29 is 9.59 Å². The molecule has 1 heterocycles. The SMILES string of the molecule is CC(=O)NC1CCC(=O)NC1C. The third-order valence-electron chi connectivity index (χ3n) is 2.06. The molecule has 0 spiro atoms. The largest absolute Gasteiger partial charge is 0.352 e. The quantitative estimate of drug-likeness (QED) is 0.572. The van der Waals surface area contributed by atoms with Gasteiger partial charge in [-0.05, 0) is 13.3 Å². The van der Waals surface area contributed by atoms with Gasteiger partial charge in [-0.2, -0.15) is 0 Å². The first-order valence-electron chi connectivity index (χ1n) is 4.16. The summed E-state index contributed by atoms with van der Waals surface area (Å²) in [7, 11) is 0. The zero-order valence-corrected chi connectivity index (χ0v) is 7.39. The van der Waals surface area contributed by atoms with Gasteiger partial charge < -0.3 is 10.6 Å². The highest BCUT2D eigenvalue weighted by molar-refractivity contribution is 5.78. The third-order valence-corrected chi connectivity index (χ3v) is 2.06. The highest BCUT2D eigenvalue weighted by Gasteiger charge is 2.25. The minimum atomic E-state index is -0.0389. The number of carbonyl (C=O) groups is 2. The second-order valence-corrected chi connectivity index (χ2v) is 3.20. The smallest absolute Gasteiger partial charge is 0.220 e. The highest BCUT2D eigenvalue weighted by Crippen LogP contribution is 2.08. The molecule has 4 nitrogen and oxygen atoms in total. The molecule has 0 bridgehead atoms. The van der Waals surface area contributed by atoms with Crippen molar-refractivity contribution in [3.05, 3.63) is 0 Å². The van der Waals surface area contributed by atoms with Crippen molar-refractivity contribution in [2.75, 3.05) is 0 Å². The standard InChI is InChI=1S/C8H14N2O2/c1-5-7(10-6(2)11)3-4-8(12)9-5/h5,7H,3-4H2,1-2H3,(H,9,12)(H,10,11). The van der Waals surface area contributed by atoms with Crippen LogP contribution in [0.4, 0.5) is 0 Å². The maximum absolute atomic E-state index is 10.9. The molecule has 1 aliphatic heterocycles. The minimum absolute atomic E-state index is 0.0389. The van der Waals surface area contributed by atoms with Crippen molar-refractivity contribution in [1.82, 2.24) is 10.6 Å². The molecule has 1 aliphatic rings. The first-order valence-corrected chi connectivity index (χ1v) is 4.16. The number of nitrogens with one attached hydrogen (secondary N) is 2. The lowest BCUT2D eigenvalue weighted by atomic mass is 9.99. The van der Waals surface area contributed by atoms with E-state index in [1.807, 2.05) is 6.92 Å². The van der Waals surface area contributed by atoms with Gasteiger partial charge in [-0.25, -0.2) is 0 Å². The summed E-state index contributed by atoms with van der Waals surface area (Å²) < 4.78 is 0. The maximum Gasteiger partial charge on any atom is 0.220 e. The normalized spacial score (nSPS) is 29.3. The second-order valence-electron chi connectivity index (χ2n) is 3.20. The van der Waals surface area contributed by atoms with Crippen LogP contribution in [0.2, 0.25) is 0 Å². The molecule has 1 saturated heterocycles. The monoisotopic (exact) mass is 170 g/mol. The maximum atomic E-state index is 10.9. The average molecular weight is 170 g/mol. The van der Waals surface area contributed by atoms with E-state index in [9.17, 15) is 9.59 Å². The van der Waals surface area contributed by atoms with Gasteiger partial charge >= 0.3 is 0 Å². The summed E-state index contributed by atoms with van der Waals surface area (Å²) in [5.74, 6) is 0.0344. The fraction of sp³-hybridized carbons (Fsp3) is 0.750. The summed E-state index contributed by atoms with van der Waals surface area (Å²) in [4.78, 5) is 21.6. The van der Waals surface area contributed by atoms with Gasteiger partial charge in [0.25, 0.3) is 0 Å². The summed E-state index contributed by atoms with van der Waals surface area (Å²) in [6.07, 6.45) is 1.25. The van der Waals surface area contributed by atoms with Gasteiger partial charge in [0.1, 0.15) is 0 Å². The average Bonchev–Trinajstić information content (AvgIpc) is 1.94. The van der Waals surface area contributed by atoms with Crippen LogP contribution in [-0.4, -0.2) is 23.9 Å². The molecule has 0 aliphatic carbocycles. The molecular weight excluding hydrogens is 156 g/mol. The van der Waals surface area contributed by atoms with Crippen molar-refractivity contribution in [3.8, 4) is 0 Å². The zero-order valence-electron chi connectivity index (χ0n) is 7.39. The zero-order chi connectivity index (χ0) is 9.14. The van der Waals surface area contributed by atoms with E-state index >= 15 is 0 Å². The molecule has 0 aromatic rings. The molecule has 0 radical (unpaired) electrons. The fourth-order valence-corrected chi connectivity index (χ4v) is 1.42. The lowest BCUT2D eigenvalue weighted by Gasteiger charge is -2.29. The van der Waals surface area contributed by atoms with Crippen molar-refractivity contribution in [1.29, 1.82) is 0 Å². The van der Waals surface area contributed by atoms with Gasteiger partial charge in [-0.15, -0.1) is 0 Å². The Morgan fingerprint density at radius 3 is 2.83 bits per heavy atom. The Kier molecular flexibility index (Phi) is 2.68. The summed E-state index contributed by atoms with van der Waals surface area (Å²) in [6, 6.07) is 0.148. The van der Waals surface area contributed by atoms with E-state index in [0.717, 1.165) is 6.42 Å². The van der Waals surface area contributed by atoms with E-state index < -0.39 is 0 Å². The number of hydrogen-bond donors (Lipinski definition) is 2. The van der Waals surface area contributed by atoms with Gasteiger partial charge in [0.05, 0.1) is 0 Å². The Balaban J connectivity index is 2.45. The van der Waals surface area contributed by atoms with E-state index in [1.54, 1.807) is 0 Å². The lowest BCUT2D eigenvalue weighted by Crippen LogP contribution is -2.53. The van der Waals surface area contributed by atoms with Gasteiger partial charge in [0.15, 0.2) is 0 Å². The molecule has 1 rings (SSSR count). The van der Waals surface area contributed by atoms with Crippen LogP contribution in [0, 0.1) is 0 Å². The Labute approximate surface area is 71.7 Å². The van der Waals surface area contributed by atoms with E-state index in [-0.39, 0.29) is 23.9 Å². The topological polar surface area (TPSA) is 58.2 Å². The summed E-state index contributed by atoms with van der Waals surface area (Å²) in [6.45, 7) is 3.39. The van der Waals surface area contributed by atoms with Crippen molar-refractivity contribution >= 4 is 11.8 Å². The highest BCUT2D eigenvalue weighted by atomic mass is 16.2. The van der Waals surface area contributed by atoms with E-state index in [0.29, 0.717) is 6.42 Å². The van der Waals surface area contributed by atoms with E-state index in [1.165, 1.54) is 6.92 Å². The molecule has 68 valence electrons. The van der Waals surface area contributed by atoms with Crippen LogP contribution in [0.25, 0.3) is 0 Å². The molecule has 2 N–H and O–H groups in total. The Hall–Kier alpha value is -1.06. The number of amides is 2. The van der Waals surface area contributed by atoms with Crippen LogP contribution in [0.3, 0.4) is 0 Å². The van der Waals surface area contributed by atoms with Crippen LogP contribution in [-0.2, 0) is 9.59 Å². The van der Waals surface area contributed by atoms with Crippen molar-refractivity contribution in [2.24, 2.45) is 0 Å². The van der Waals surface area contributed by atoms with E-state index in [2.05, 4.69) is 10.6 Å². The molecule has 2 atom stereocenters. The van der Waals surface area contributed by atoms with Crippen molar-refractivity contribution in [3.63, 3.8) is 0 Å². The Bertz CT molecular complexity index is 203. The van der Waals surface area contributed by atoms with Gasteiger partial charge in [-0.3, -0.25) is 9.59 Å². The summed E-state index contributed by atoms with van der Waals surface area (Å²) >= 11 is 0. The number of hydrogen-bond acceptors (Lipinski definition) is 2. The summed E-state index contributed by atoms with van der Waals surface area (Å²) in [5, 5.41) is 5.58. The third kappa shape index (κ3) is 2.22. The minimum Gasteiger partial charge on any atom is -0.352 e. The van der Waals surface area contributed by atoms with Crippen LogP contribution in [0.5, 0.6) is 0 Å². The predicted octanol–water partition coefficient (Wildman–Crippen LogP) is -0.210. The summed E-state index contributed by atoms with van der Waals surface area (Å²) in [5.41, 5.74) is 0. The molecular formula is C8H14N2O2. The molecule has 0 aromatic carbocycles. The van der Waals surface area contributed by atoms with Gasteiger partial charge in [0.2, 0.25) is 11.8 Å². The van der Waals surface area contributed by atoms with Gasteiger partial charge in [-0.1, -0.05) is 0 Å². The molecule has 4 heteroatoms. The Morgan fingerprint density at radius 2 is 2.33 bits per heavy atom. The lowest BCUT2D eigenvalue weighted by molar-refractivity contribution is -0.126. The molecule has 1 fully saturated rings. The molecule has 0 aromatic heterocycles. The van der Waals surface area contributed by atoms with Gasteiger partial charge in [0, 0.05) is 25.4 Å². The van der Waals surface area contributed by atoms with Crippen LogP contribution in [0.1, 0.15) is 26.7 Å². The number of piperidine rings is 1. The number of rotatable bonds is 1. The second kappa shape index (κ2) is 3.56. The fourth-order valence-electron chi connectivity index (χ4n) is 1.42. The predicted molar refractivity (Wildman–Crippen MR) is 44.4 cm³/mol. The van der Waals surface area contributed by atoms with Crippen LogP contribution in [0.15, 0.2) is 0 Å². The van der Waals surface area contributed by atoms with E-state index in [4.69, 9.17) is 0 Å². The first-order chi connectivity index (χ1) is 5.59.